The Hall–Kier alpha value is -2.08. The minimum Gasteiger partial charge on any atom is -0.506 e. The molecule has 0 spiro atoms. The van der Waals surface area contributed by atoms with Crippen LogP contribution in [0.4, 0.5) is 5.69 Å². The number of aromatic hydroxyl groups is 1. The van der Waals surface area contributed by atoms with E-state index in [0.29, 0.717) is 12.1 Å². The third kappa shape index (κ3) is 7.01. The van der Waals surface area contributed by atoms with Gasteiger partial charge in [0, 0.05) is 6.61 Å². The Labute approximate surface area is 185 Å². The SMILES string of the molecule is CC(OCCCCCCNCCc1ccc(O)c2c1CC(=O)N2)c1ccccc1.Cl. The molecule has 3 rings (SSSR count). The Morgan fingerprint density at radius 2 is 1.83 bits per heavy atom. The Morgan fingerprint density at radius 3 is 2.63 bits per heavy atom. The smallest absolute Gasteiger partial charge is 0.228 e. The van der Waals surface area contributed by atoms with Gasteiger partial charge >= 0.3 is 0 Å². The number of halogens is 1. The lowest BCUT2D eigenvalue weighted by Crippen LogP contribution is -2.19. The van der Waals surface area contributed by atoms with Crippen molar-refractivity contribution >= 4 is 24.0 Å². The normalized spacial score (nSPS) is 13.4. The van der Waals surface area contributed by atoms with Crippen LogP contribution in [0, 0.1) is 0 Å². The molecule has 0 fully saturated rings. The quantitative estimate of drug-likeness (QED) is 0.333. The average molecular weight is 433 g/mol. The zero-order chi connectivity index (χ0) is 20.5. The summed E-state index contributed by atoms with van der Waals surface area (Å²) in [5.74, 6) is 0.113. The fourth-order valence-corrected chi connectivity index (χ4v) is 3.73. The Bertz CT molecular complexity index is 799. The molecule has 0 aromatic heterocycles. The highest BCUT2D eigenvalue weighted by atomic mass is 35.5. The molecule has 0 saturated heterocycles. The Kier molecular flexibility index (Phi) is 10.1. The second kappa shape index (κ2) is 12.6. The first-order valence-corrected chi connectivity index (χ1v) is 10.7. The average Bonchev–Trinajstić information content (AvgIpc) is 3.14. The largest absolute Gasteiger partial charge is 0.506 e. The van der Waals surface area contributed by atoms with Gasteiger partial charge in [0.15, 0.2) is 0 Å². The van der Waals surface area contributed by atoms with Crippen LogP contribution in [-0.2, 0) is 22.4 Å². The molecule has 0 radical (unpaired) electrons. The molecule has 1 unspecified atom stereocenters. The Balaban J connectivity index is 0.00000320. The van der Waals surface area contributed by atoms with Crippen molar-refractivity contribution in [3.63, 3.8) is 0 Å². The van der Waals surface area contributed by atoms with Gasteiger partial charge in [0.05, 0.1) is 18.2 Å². The number of unbranched alkanes of at least 4 members (excludes halogenated alkanes) is 3. The molecular weight excluding hydrogens is 400 g/mol. The number of phenolic OH excluding ortho intramolecular Hbond substituents is 1. The molecule has 1 amide bonds. The number of hydrogen-bond donors (Lipinski definition) is 3. The molecule has 1 heterocycles. The highest BCUT2D eigenvalue weighted by molar-refractivity contribution is 6.01. The zero-order valence-electron chi connectivity index (χ0n) is 17.7. The highest BCUT2D eigenvalue weighted by Gasteiger charge is 2.23. The van der Waals surface area contributed by atoms with E-state index in [0.717, 1.165) is 50.1 Å². The molecule has 164 valence electrons. The van der Waals surface area contributed by atoms with Gasteiger partial charge in [-0.1, -0.05) is 49.2 Å². The van der Waals surface area contributed by atoms with E-state index in [-0.39, 0.29) is 30.2 Å². The van der Waals surface area contributed by atoms with Crippen molar-refractivity contribution in [3.05, 3.63) is 59.2 Å². The number of phenols is 1. The number of amides is 1. The van der Waals surface area contributed by atoms with E-state index in [9.17, 15) is 9.90 Å². The van der Waals surface area contributed by atoms with Crippen LogP contribution in [0.2, 0.25) is 0 Å². The van der Waals surface area contributed by atoms with E-state index in [1.54, 1.807) is 6.07 Å². The van der Waals surface area contributed by atoms with Gasteiger partial charge in [-0.2, -0.15) is 0 Å². The number of ether oxygens (including phenoxy) is 1. The summed E-state index contributed by atoms with van der Waals surface area (Å²) in [6.45, 7) is 4.79. The van der Waals surface area contributed by atoms with E-state index in [4.69, 9.17) is 4.74 Å². The third-order valence-electron chi connectivity index (χ3n) is 5.45. The number of nitrogens with one attached hydrogen (secondary N) is 2. The van der Waals surface area contributed by atoms with Gasteiger partial charge in [0.2, 0.25) is 5.91 Å². The molecule has 0 aliphatic carbocycles. The molecule has 6 heteroatoms. The number of carbonyl (C=O) groups excluding carboxylic acids is 1. The van der Waals surface area contributed by atoms with Crippen molar-refractivity contribution < 1.29 is 14.6 Å². The van der Waals surface area contributed by atoms with Gasteiger partial charge in [-0.25, -0.2) is 0 Å². The third-order valence-corrected chi connectivity index (χ3v) is 5.45. The molecule has 5 nitrogen and oxygen atoms in total. The van der Waals surface area contributed by atoms with Crippen LogP contribution in [-0.4, -0.2) is 30.7 Å². The number of fused-ring (bicyclic) bond motifs is 1. The zero-order valence-corrected chi connectivity index (χ0v) is 18.5. The number of anilines is 1. The standard InChI is InChI=1S/C24H32N2O3.ClH/c1-18(19-9-5-4-6-10-19)29-16-8-3-2-7-14-25-15-13-20-11-12-22(27)24-21(20)17-23(28)26-24;/h4-6,9-12,18,25,27H,2-3,7-8,13-17H2,1H3,(H,26,28);1H. The summed E-state index contributed by atoms with van der Waals surface area (Å²) in [5, 5.41) is 16.1. The number of benzene rings is 2. The van der Waals surface area contributed by atoms with Gasteiger partial charge in [-0.15, -0.1) is 12.4 Å². The minimum atomic E-state index is -0.0437. The van der Waals surface area contributed by atoms with Crippen LogP contribution in [0.3, 0.4) is 0 Å². The lowest BCUT2D eigenvalue weighted by atomic mass is 10.0. The first kappa shape index (κ1) is 24.2. The highest BCUT2D eigenvalue weighted by Crippen LogP contribution is 2.34. The maximum atomic E-state index is 11.6. The molecule has 3 N–H and O–H groups in total. The molecule has 30 heavy (non-hydrogen) atoms. The number of rotatable bonds is 12. The lowest BCUT2D eigenvalue weighted by Gasteiger charge is -2.13. The summed E-state index contributed by atoms with van der Waals surface area (Å²) in [4.78, 5) is 11.6. The van der Waals surface area contributed by atoms with Gasteiger partial charge in [-0.05, 0) is 62.0 Å². The van der Waals surface area contributed by atoms with E-state index >= 15 is 0 Å². The summed E-state index contributed by atoms with van der Waals surface area (Å²) >= 11 is 0. The van der Waals surface area contributed by atoms with Crippen LogP contribution in [0.1, 0.15) is 55.4 Å². The van der Waals surface area contributed by atoms with E-state index in [2.05, 4.69) is 29.7 Å². The van der Waals surface area contributed by atoms with Gasteiger partial charge in [0.25, 0.3) is 0 Å². The fraction of sp³-hybridized carbons (Fsp3) is 0.458. The monoisotopic (exact) mass is 432 g/mol. The summed E-state index contributed by atoms with van der Waals surface area (Å²) in [7, 11) is 0. The van der Waals surface area contributed by atoms with Crippen molar-refractivity contribution in [2.24, 2.45) is 0 Å². The molecule has 1 aliphatic rings. The minimum absolute atomic E-state index is 0. The molecule has 1 atom stereocenters. The molecule has 0 saturated carbocycles. The van der Waals surface area contributed by atoms with Crippen molar-refractivity contribution in [2.45, 2.75) is 51.6 Å². The summed E-state index contributed by atoms with van der Waals surface area (Å²) in [6.07, 6.45) is 6.02. The van der Waals surface area contributed by atoms with Gasteiger partial charge in [-0.3, -0.25) is 4.79 Å². The van der Waals surface area contributed by atoms with Crippen LogP contribution >= 0.6 is 12.4 Å². The van der Waals surface area contributed by atoms with Crippen LogP contribution < -0.4 is 10.6 Å². The lowest BCUT2D eigenvalue weighted by molar-refractivity contribution is -0.115. The van der Waals surface area contributed by atoms with E-state index < -0.39 is 0 Å². The van der Waals surface area contributed by atoms with Crippen molar-refractivity contribution in [3.8, 4) is 5.75 Å². The first-order chi connectivity index (χ1) is 14.1. The summed E-state index contributed by atoms with van der Waals surface area (Å²) in [6, 6.07) is 13.9. The maximum Gasteiger partial charge on any atom is 0.228 e. The van der Waals surface area contributed by atoms with Crippen molar-refractivity contribution in [1.82, 2.24) is 5.32 Å². The predicted molar refractivity (Wildman–Crippen MR) is 124 cm³/mol. The molecular formula is C24H33ClN2O3. The topological polar surface area (TPSA) is 70.6 Å². The Morgan fingerprint density at radius 1 is 1.07 bits per heavy atom. The number of hydrogen-bond acceptors (Lipinski definition) is 4. The number of carbonyl (C=O) groups is 1. The van der Waals surface area contributed by atoms with Crippen molar-refractivity contribution in [1.29, 1.82) is 0 Å². The summed E-state index contributed by atoms with van der Waals surface area (Å²) in [5.41, 5.74) is 3.90. The summed E-state index contributed by atoms with van der Waals surface area (Å²) < 4.78 is 5.91. The predicted octanol–water partition coefficient (Wildman–Crippen LogP) is 4.78. The molecule has 2 aromatic carbocycles. The van der Waals surface area contributed by atoms with Crippen LogP contribution in [0.5, 0.6) is 5.75 Å². The second-order valence-corrected chi connectivity index (χ2v) is 7.66. The van der Waals surface area contributed by atoms with Crippen LogP contribution in [0.25, 0.3) is 0 Å². The maximum absolute atomic E-state index is 11.6. The van der Waals surface area contributed by atoms with Gasteiger partial charge in [0.1, 0.15) is 5.75 Å². The van der Waals surface area contributed by atoms with Crippen molar-refractivity contribution in [2.75, 3.05) is 25.0 Å². The molecule has 2 aromatic rings. The molecule has 1 aliphatic heterocycles. The fourth-order valence-electron chi connectivity index (χ4n) is 3.73. The van der Waals surface area contributed by atoms with Crippen LogP contribution in [0.15, 0.2) is 42.5 Å². The van der Waals surface area contributed by atoms with E-state index in [1.807, 2.05) is 24.3 Å². The second-order valence-electron chi connectivity index (χ2n) is 7.66. The van der Waals surface area contributed by atoms with E-state index in [1.165, 1.54) is 18.4 Å². The van der Waals surface area contributed by atoms with Gasteiger partial charge < -0.3 is 20.5 Å². The first-order valence-electron chi connectivity index (χ1n) is 10.7. The molecule has 0 bridgehead atoms.